The highest BCUT2D eigenvalue weighted by Gasteiger charge is 2.11. The van der Waals surface area contributed by atoms with Crippen LogP contribution in [0.5, 0.6) is 5.75 Å². The number of rotatable bonds is 15. The Morgan fingerprint density at radius 2 is 1.66 bits per heavy atom. The third kappa shape index (κ3) is 8.66. The number of likely N-dealkylation sites (N-methyl/N-ethyl adjacent to an activating group) is 1. The number of nitrogens with zero attached hydrogens (tertiary/aromatic N) is 2. The van der Waals surface area contributed by atoms with Crippen LogP contribution in [0.2, 0.25) is 0 Å². The number of hydrogen-bond acceptors (Lipinski definition) is 3. The van der Waals surface area contributed by atoms with E-state index in [2.05, 4.69) is 56.0 Å². The van der Waals surface area contributed by atoms with Crippen LogP contribution in [0.1, 0.15) is 64.9 Å². The topological polar surface area (TPSA) is 32.8 Å². The summed E-state index contributed by atoms with van der Waals surface area (Å²) < 4.78 is 6.15. The third-order valence-electron chi connectivity index (χ3n) is 6.02. The van der Waals surface area contributed by atoms with Crippen molar-refractivity contribution < 1.29 is 9.53 Å². The SMILES string of the molecule is CCCCCCCC(=O)N(C)Cc1cccc(-c2ccccc2OCCN(CC)CC)c1. The molecule has 0 N–H and O–H groups in total. The molecule has 176 valence electrons. The Morgan fingerprint density at radius 3 is 2.41 bits per heavy atom. The predicted octanol–water partition coefficient (Wildman–Crippen LogP) is 6.39. The lowest BCUT2D eigenvalue weighted by atomic mass is 10.0. The summed E-state index contributed by atoms with van der Waals surface area (Å²) in [4.78, 5) is 16.7. The maximum Gasteiger partial charge on any atom is 0.222 e. The molecular weight excluding hydrogens is 396 g/mol. The molecule has 0 spiro atoms. The van der Waals surface area contributed by atoms with E-state index in [0.29, 0.717) is 19.6 Å². The lowest BCUT2D eigenvalue weighted by Gasteiger charge is -2.20. The van der Waals surface area contributed by atoms with Crippen LogP contribution in [0.4, 0.5) is 0 Å². The molecule has 0 aliphatic rings. The summed E-state index contributed by atoms with van der Waals surface area (Å²) in [5.74, 6) is 1.14. The molecule has 1 amide bonds. The van der Waals surface area contributed by atoms with Gasteiger partial charge in [-0.1, -0.05) is 82.9 Å². The minimum absolute atomic E-state index is 0.229. The van der Waals surface area contributed by atoms with Crippen LogP contribution in [0.15, 0.2) is 48.5 Å². The predicted molar refractivity (Wildman–Crippen MR) is 135 cm³/mol. The van der Waals surface area contributed by atoms with Gasteiger partial charge in [-0.15, -0.1) is 0 Å². The Morgan fingerprint density at radius 1 is 0.906 bits per heavy atom. The van der Waals surface area contributed by atoms with Gasteiger partial charge >= 0.3 is 0 Å². The first-order valence-corrected chi connectivity index (χ1v) is 12.4. The van der Waals surface area contributed by atoms with Gasteiger partial charge in [0.05, 0.1) is 0 Å². The molecule has 0 heterocycles. The molecule has 2 aromatic carbocycles. The minimum Gasteiger partial charge on any atom is -0.492 e. The maximum atomic E-state index is 12.5. The molecule has 0 saturated carbocycles. The van der Waals surface area contributed by atoms with Crippen molar-refractivity contribution in [2.24, 2.45) is 0 Å². The zero-order valence-electron chi connectivity index (χ0n) is 20.6. The number of benzene rings is 2. The second-order valence-corrected chi connectivity index (χ2v) is 8.49. The fourth-order valence-corrected chi connectivity index (χ4v) is 3.93. The van der Waals surface area contributed by atoms with Crippen molar-refractivity contribution in [2.75, 3.05) is 33.3 Å². The molecule has 0 aliphatic heterocycles. The van der Waals surface area contributed by atoms with Gasteiger partial charge in [-0.3, -0.25) is 4.79 Å². The molecule has 0 fully saturated rings. The maximum absolute atomic E-state index is 12.5. The van der Waals surface area contributed by atoms with Crippen molar-refractivity contribution in [3.8, 4) is 16.9 Å². The van der Waals surface area contributed by atoms with Crippen molar-refractivity contribution >= 4 is 5.91 Å². The van der Waals surface area contributed by atoms with Crippen molar-refractivity contribution in [1.82, 2.24) is 9.80 Å². The van der Waals surface area contributed by atoms with Gasteiger partial charge in [0.2, 0.25) is 5.91 Å². The van der Waals surface area contributed by atoms with Crippen molar-refractivity contribution in [3.05, 3.63) is 54.1 Å². The fourth-order valence-electron chi connectivity index (χ4n) is 3.93. The van der Waals surface area contributed by atoms with E-state index in [4.69, 9.17) is 4.74 Å². The molecule has 0 unspecified atom stereocenters. The van der Waals surface area contributed by atoms with E-state index in [-0.39, 0.29) is 5.91 Å². The molecule has 0 aliphatic carbocycles. The van der Waals surface area contributed by atoms with Gasteiger partial charge in [0.1, 0.15) is 12.4 Å². The molecule has 0 saturated heterocycles. The molecule has 32 heavy (non-hydrogen) atoms. The molecule has 0 bridgehead atoms. The van der Waals surface area contributed by atoms with Crippen LogP contribution in [0.25, 0.3) is 11.1 Å². The van der Waals surface area contributed by atoms with Crippen LogP contribution in [-0.2, 0) is 11.3 Å². The monoisotopic (exact) mass is 438 g/mol. The highest BCUT2D eigenvalue weighted by molar-refractivity contribution is 5.76. The summed E-state index contributed by atoms with van der Waals surface area (Å²) in [6, 6.07) is 16.7. The van der Waals surface area contributed by atoms with E-state index < -0.39 is 0 Å². The number of unbranched alkanes of at least 4 members (excludes halogenated alkanes) is 4. The van der Waals surface area contributed by atoms with E-state index in [0.717, 1.165) is 54.9 Å². The second kappa shape index (κ2) is 14.7. The Balaban J connectivity index is 1.98. The van der Waals surface area contributed by atoms with Crippen LogP contribution in [-0.4, -0.2) is 49.0 Å². The molecule has 0 atom stereocenters. The van der Waals surface area contributed by atoms with Gasteiger partial charge in [0.25, 0.3) is 0 Å². The van der Waals surface area contributed by atoms with E-state index in [1.807, 2.05) is 30.1 Å². The standard InChI is InChI=1S/C28H42N2O2/c1-5-8-9-10-11-19-28(31)29(4)23-24-15-14-16-25(22-24)26-17-12-13-18-27(26)32-21-20-30(6-2)7-3/h12-18,22H,5-11,19-21,23H2,1-4H3. The van der Waals surface area contributed by atoms with Gasteiger partial charge < -0.3 is 14.5 Å². The van der Waals surface area contributed by atoms with Gasteiger partial charge in [0, 0.05) is 32.1 Å². The largest absolute Gasteiger partial charge is 0.492 e. The molecule has 0 aromatic heterocycles. The molecule has 4 heteroatoms. The van der Waals surface area contributed by atoms with Gasteiger partial charge in [0.15, 0.2) is 0 Å². The Kier molecular flexibility index (Phi) is 11.9. The Bertz CT molecular complexity index is 802. The lowest BCUT2D eigenvalue weighted by molar-refractivity contribution is -0.130. The quantitative estimate of drug-likeness (QED) is 0.302. The molecule has 0 radical (unpaired) electrons. The zero-order chi connectivity index (χ0) is 23.2. The number of carbonyl (C=O) groups is 1. The van der Waals surface area contributed by atoms with Crippen LogP contribution >= 0.6 is 0 Å². The summed E-state index contributed by atoms with van der Waals surface area (Å²) >= 11 is 0. The number of para-hydroxylation sites is 1. The van der Waals surface area contributed by atoms with Crippen molar-refractivity contribution in [3.63, 3.8) is 0 Å². The number of hydrogen-bond donors (Lipinski definition) is 0. The van der Waals surface area contributed by atoms with E-state index in [1.165, 1.54) is 19.3 Å². The van der Waals surface area contributed by atoms with Crippen LogP contribution in [0, 0.1) is 0 Å². The summed E-state index contributed by atoms with van der Waals surface area (Å²) in [7, 11) is 1.91. The molecule has 4 nitrogen and oxygen atoms in total. The summed E-state index contributed by atoms with van der Waals surface area (Å²) in [5.41, 5.74) is 3.36. The Labute approximate surface area is 195 Å². The highest BCUT2D eigenvalue weighted by atomic mass is 16.5. The van der Waals surface area contributed by atoms with Crippen LogP contribution < -0.4 is 4.74 Å². The number of ether oxygens (including phenoxy) is 1. The summed E-state index contributed by atoms with van der Waals surface area (Å²) in [6.07, 6.45) is 6.50. The summed E-state index contributed by atoms with van der Waals surface area (Å²) in [5, 5.41) is 0. The normalized spacial score (nSPS) is 11.0. The van der Waals surface area contributed by atoms with Crippen LogP contribution in [0.3, 0.4) is 0 Å². The molecule has 2 rings (SSSR count). The van der Waals surface area contributed by atoms with E-state index in [9.17, 15) is 4.79 Å². The molecule has 2 aromatic rings. The van der Waals surface area contributed by atoms with Gasteiger partial charge in [-0.25, -0.2) is 0 Å². The van der Waals surface area contributed by atoms with Gasteiger partial charge in [-0.05, 0) is 42.8 Å². The summed E-state index contributed by atoms with van der Waals surface area (Å²) in [6.45, 7) is 10.9. The number of amides is 1. The first-order chi connectivity index (χ1) is 15.6. The minimum atomic E-state index is 0.229. The number of carbonyl (C=O) groups excluding carboxylic acids is 1. The Hall–Kier alpha value is -2.33. The molecular formula is C28H42N2O2. The third-order valence-corrected chi connectivity index (χ3v) is 6.02. The lowest BCUT2D eigenvalue weighted by Crippen LogP contribution is -2.27. The second-order valence-electron chi connectivity index (χ2n) is 8.49. The van der Waals surface area contributed by atoms with Crippen molar-refractivity contribution in [2.45, 2.75) is 65.8 Å². The van der Waals surface area contributed by atoms with E-state index in [1.54, 1.807) is 0 Å². The fraction of sp³-hybridized carbons (Fsp3) is 0.536. The first kappa shape index (κ1) is 25.9. The average molecular weight is 439 g/mol. The first-order valence-electron chi connectivity index (χ1n) is 12.4. The van der Waals surface area contributed by atoms with E-state index >= 15 is 0 Å². The highest BCUT2D eigenvalue weighted by Crippen LogP contribution is 2.30. The smallest absolute Gasteiger partial charge is 0.222 e. The zero-order valence-corrected chi connectivity index (χ0v) is 20.6. The van der Waals surface area contributed by atoms with Crippen molar-refractivity contribution in [1.29, 1.82) is 0 Å². The average Bonchev–Trinajstić information content (AvgIpc) is 2.82. The van der Waals surface area contributed by atoms with Gasteiger partial charge in [-0.2, -0.15) is 0 Å².